The Hall–Kier alpha value is -3.97. The van der Waals surface area contributed by atoms with Crippen molar-refractivity contribution in [2.45, 2.75) is 32.7 Å². The van der Waals surface area contributed by atoms with Crippen molar-refractivity contribution in [2.75, 3.05) is 6.54 Å². The quantitative estimate of drug-likeness (QED) is 0.506. The fourth-order valence-electron chi connectivity index (χ4n) is 4.65. The first-order valence-electron chi connectivity index (χ1n) is 11.2. The number of imide groups is 1. The summed E-state index contributed by atoms with van der Waals surface area (Å²) in [7, 11) is 0. The molecule has 1 aliphatic carbocycles. The van der Waals surface area contributed by atoms with E-state index in [2.05, 4.69) is 29.0 Å². The third-order valence-electron chi connectivity index (χ3n) is 6.02. The molecule has 0 radical (unpaired) electrons. The number of aliphatic carboxylic acids is 1. The molecule has 2 aromatic carbocycles. The van der Waals surface area contributed by atoms with Gasteiger partial charge in [0.2, 0.25) is 0 Å². The Kier molecular flexibility index (Phi) is 6.47. The molecule has 0 bridgehead atoms. The van der Waals surface area contributed by atoms with Crippen LogP contribution in [0.2, 0.25) is 0 Å². The van der Waals surface area contributed by atoms with Crippen LogP contribution in [0.5, 0.6) is 0 Å². The Labute approximate surface area is 197 Å². The van der Waals surface area contributed by atoms with Gasteiger partial charge < -0.3 is 15.4 Å². The molecule has 3 aromatic rings. The molecular formula is C27H27N3O4. The molecule has 0 fully saturated rings. The zero-order valence-electron chi connectivity index (χ0n) is 19.2. The van der Waals surface area contributed by atoms with E-state index in [0.717, 1.165) is 47.5 Å². The van der Waals surface area contributed by atoms with Crippen LogP contribution in [0.4, 0.5) is 0 Å². The number of nitrogens with zero attached hydrogens (tertiary/aromatic N) is 1. The summed E-state index contributed by atoms with van der Waals surface area (Å²) in [6.45, 7) is 4.55. The number of benzene rings is 2. The number of aryl methyl sites for hydroxylation is 1. The van der Waals surface area contributed by atoms with Crippen LogP contribution in [-0.4, -0.2) is 34.0 Å². The highest BCUT2D eigenvalue weighted by Gasteiger charge is 2.37. The van der Waals surface area contributed by atoms with Gasteiger partial charge in [-0.05, 0) is 35.7 Å². The maximum Gasteiger partial charge on any atom is 0.300 e. The first kappa shape index (κ1) is 23.2. The lowest BCUT2D eigenvalue weighted by Crippen LogP contribution is -2.23. The van der Waals surface area contributed by atoms with Gasteiger partial charge in [0.25, 0.3) is 17.8 Å². The highest BCUT2D eigenvalue weighted by molar-refractivity contribution is 6.42. The van der Waals surface area contributed by atoms with E-state index in [4.69, 9.17) is 15.6 Å². The van der Waals surface area contributed by atoms with Crippen molar-refractivity contribution in [3.8, 4) is 0 Å². The van der Waals surface area contributed by atoms with E-state index in [1.165, 1.54) is 5.56 Å². The average molecular weight is 458 g/mol. The Bertz CT molecular complexity index is 1360. The Morgan fingerprint density at radius 3 is 2.41 bits per heavy atom. The van der Waals surface area contributed by atoms with Crippen LogP contribution in [0, 0.1) is 0 Å². The molecule has 4 N–H and O–H groups in total. The lowest BCUT2D eigenvalue weighted by Gasteiger charge is -2.08. The number of rotatable bonds is 5. The number of hydrogen-bond acceptors (Lipinski definition) is 4. The number of aromatic nitrogens is 1. The molecule has 7 nitrogen and oxygen atoms in total. The largest absolute Gasteiger partial charge is 0.481 e. The number of amides is 2. The van der Waals surface area contributed by atoms with Gasteiger partial charge in [0.15, 0.2) is 0 Å². The number of carboxylic acid groups (broad SMARTS) is 1. The molecule has 0 spiro atoms. The summed E-state index contributed by atoms with van der Waals surface area (Å²) < 4.78 is 2.12. The van der Waals surface area contributed by atoms with Crippen molar-refractivity contribution in [1.29, 1.82) is 0 Å². The van der Waals surface area contributed by atoms with Gasteiger partial charge in [-0.25, -0.2) is 0 Å². The summed E-state index contributed by atoms with van der Waals surface area (Å²) in [5.41, 5.74) is 11.5. The number of carbonyl (C=O) groups is 3. The van der Waals surface area contributed by atoms with E-state index < -0.39 is 5.97 Å². The Morgan fingerprint density at radius 1 is 1.03 bits per heavy atom. The minimum Gasteiger partial charge on any atom is -0.481 e. The van der Waals surface area contributed by atoms with Crippen molar-refractivity contribution < 1.29 is 19.5 Å². The molecule has 1 aliphatic heterocycles. The smallest absolute Gasteiger partial charge is 0.300 e. The number of allylic oxidation sites excluding steroid dienone is 1. The number of hydrogen-bond donors (Lipinski definition) is 3. The normalized spacial score (nSPS) is 16.8. The van der Waals surface area contributed by atoms with E-state index >= 15 is 0 Å². The number of carbonyl (C=O) groups excluding carboxylic acids is 2. The lowest BCUT2D eigenvalue weighted by atomic mass is 9.92. The molecule has 7 heteroatoms. The maximum atomic E-state index is 13.0. The summed E-state index contributed by atoms with van der Waals surface area (Å²) in [6.07, 6.45) is 4.91. The monoisotopic (exact) mass is 457 g/mol. The van der Waals surface area contributed by atoms with Crippen molar-refractivity contribution in [1.82, 2.24) is 9.88 Å². The molecule has 5 rings (SSSR count). The molecular weight excluding hydrogens is 430 g/mol. The van der Waals surface area contributed by atoms with Gasteiger partial charge in [0, 0.05) is 42.0 Å². The summed E-state index contributed by atoms with van der Waals surface area (Å²) in [5.74, 6) is -1.31. The van der Waals surface area contributed by atoms with Gasteiger partial charge in [0.1, 0.15) is 0 Å². The molecule has 0 saturated carbocycles. The third kappa shape index (κ3) is 4.18. The first-order chi connectivity index (χ1) is 16.3. The van der Waals surface area contributed by atoms with E-state index in [1.807, 2.05) is 48.7 Å². The predicted molar refractivity (Wildman–Crippen MR) is 132 cm³/mol. The minimum absolute atomic E-state index is 0.194. The first-order valence-corrected chi connectivity index (χ1v) is 11.2. The van der Waals surface area contributed by atoms with Crippen LogP contribution in [0.1, 0.15) is 42.9 Å². The third-order valence-corrected chi connectivity index (χ3v) is 6.02. The zero-order valence-corrected chi connectivity index (χ0v) is 19.2. The highest BCUT2D eigenvalue weighted by Crippen LogP contribution is 2.44. The summed E-state index contributed by atoms with van der Waals surface area (Å²) >= 11 is 0. The molecule has 1 unspecified atom stereocenters. The standard InChI is InChI=1S/C25H23N3O2.C2H4O2/c1-15-13-19(17-8-3-2-7-16(15)17)22-23(25(30)27-24(22)29)20-14-28(12-6-11-26)21-10-5-4-9-18(20)21;1-2(3)4/h2-5,7-10,13-15H,6,11-12,26H2,1H3,(H,27,29,30);1H3,(H,3,4). The molecule has 1 aromatic heterocycles. The van der Waals surface area contributed by atoms with Gasteiger partial charge in [-0.2, -0.15) is 0 Å². The average Bonchev–Trinajstić information content (AvgIpc) is 3.43. The number of nitrogens with two attached hydrogens (primary N) is 1. The summed E-state index contributed by atoms with van der Waals surface area (Å²) in [4.78, 5) is 34.9. The van der Waals surface area contributed by atoms with Crippen molar-refractivity contribution in [3.05, 3.63) is 83.1 Å². The second-order valence-electron chi connectivity index (χ2n) is 8.40. The van der Waals surface area contributed by atoms with Crippen molar-refractivity contribution in [3.63, 3.8) is 0 Å². The van der Waals surface area contributed by atoms with E-state index in [-0.39, 0.29) is 17.7 Å². The number of fused-ring (bicyclic) bond motifs is 2. The summed E-state index contributed by atoms with van der Waals surface area (Å²) in [6, 6.07) is 16.1. The van der Waals surface area contributed by atoms with Crippen molar-refractivity contribution in [2.24, 2.45) is 5.73 Å². The second-order valence-corrected chi connectivity index (χ2v) is 8.40. The molecule has 2 amide bonds. The van der Waals surface area contributed by atoms with Gasteiger partial charge in [-0.3, -0.25) is 19.7 Å². The van der Waals surface area contributed by atoms with Crippen LogP contribution < -0.4 is 11.1 Å². The van der Waals surface area contributed by atoms with E-state index in [9.17, 15) is 9.59 Å². The molecule has 174 valence electrons. The predicted octanol–water partition coefficient (Wildman–Crippen LogP) is 3.69. The van der Waals surface area contributed by atoms with Crippen LogP contribution in [-0.2, 0) is 20.9 Å². The second kappa shape index (κ2) is 9.49. The highest BCUT2D eigenvalue weighted by atomic mass is 16.4. The van der Waals surface area contributed by atoms with Crippen LogP contribution in [0.15, 0.2) is 66.4 Å². The summed E-state index contributed by atoms with van der Waals surface area (Å²) in [5, 5.41) is 10.9. The van der Waals surface area contributed by atoms with Gasteiger partial charge in [-0.1, -0.05) is 55.5 Å². The van der Waals surface area contributed by atoms with Crippen LogP contribution in [0.3, 0.4) is 0 Å². The number of nitrogens with one attached hydrogen (secondary N) is 1. The zero-order chi connectivity index (χ0) is 24.4. The van der Waals surface area contributed by atoms with Gasteiger partial charge in [-0.15, -0.1) is 0 Å². The molecule has 34 heavy (non-hydrogen) atoms. The fourth-order valence-corrected chi connectivity index (χ4v) is 4.65. The van der Waals surface area contributed by atoms with E-state index in [0.29, 0.717) is 17.7 Å². The van der Waals surface area contributed by atoms with E-state index in [1.54, 1.807) is 0 Å². The molecule has 2 heterocycles. The molecule has 1 atom stereocenters. The minimum atomic E-state index is -0.833. The SMILES string of the molecule is CC(=O)O.CC1C=C(C2=C(c3cn(CCCN)c4ccccc34)C(=O)NC2=O)c2ccccc21. The maximum absolute atomic E-state index is 13.0. The number of para-hydroxylation sites is 1. The fraction of sp³-hybridized carbons (Fsp3) is 0.222. The molecule has 0 saturated heterocycles. The Balaban J connectivity index is 0.000000636. The molecule has 2 aliphatic rings. The van der Waals surface area contributed by atoms with Crippen LogP contribution in [0.25, 0.3) is 22.0 Å². The Morgan fingerprint density at radius 2 is 1.68 bits per heavy atom. The van der Waals surface area contributed by atoms with Crippen molar-refractivity contribution >= 4 is 39.8 Å². The topological polar surface area (TPSA) is 114 Å². The van der Waals surface area contributed by atoms with Gasteiger partial charge in [0.05, 0.1) is 11.1 Å². The van der Waals surface area contributed by atoms with Gasteiger partial charge >= 0.3 is 0 Å². The lowest BCUT2D eigenvalue weighted by molar-refractivity contribution is -0.134. The van der Waals surface area contributed by atoms with Crippen LogP contribution >= 0.6 is 0 Å². The number of carboxylic acids is 1.